The molecule has 1 unspecified atom stereocenters. The Morgan fingerprint density at radius 3 is 2.56 bits per heavy atom. The summed E-state index contributed by atoms with van der Waals surface area (Å²) in [4.78, 5) is 5.19. The second kappa shape index (κ2) is 7.46. The van der Waals surface area contributed by atoms with Gasteiger partial charge >= 0.3 is 0 Å². The maximum Gasteiger partial charge on any atom is 0.0107 e. The third-order valence-electron chi connectivity index (χ3n) is 4.45. The van der Waals surface area contributed by atoms with Crippen LogP contribution in [0.1, 0.15) is 32.6 Å². The molecule has 0 spiro atoms. The van der Waals surface area contributed by atoms with Crippen LogP contribution >= 0.6 is 0 Å². The van der Waals surface area contributed by atoms with Crippen LogP contribution in [0.2, 0.25) is 0 Å². The number of nitrogens with zero attached hydrogens (tertiary/aromatic N) is 2. The van der Waals surface area contributed by atoms with Crippen LogP contribution < -0.4 is 5.32 Å². The van der Waals surface area contributed by atoms with E-state index in [9.17, 15) is 0 Å². The molecule has 2 fully saturated rings. The highest BCUT2D eigenvalue weighted by molar-refractivity contribution is 4.74. The third-order valence-corrected chi connectivity index (χ3v) is 4.45. The summed E-state index contributed by atoms with van der Waals surface area (Å²) in [6.45, 7) is 11.1. The second-order valence-electron chi connectivity index (χ2n) is 6.53. The lowest BCUT2D eigenvalue weighted by Gasteiger charge is -2.31. The first-order valence-corrected chi connectivity index (χ1v) is 7.85. The molecule has 1 atom stereocenters. The first kappa shape index (κ1) is 14.3. The normalized spacial score (nSPS) is 24.8. The number of nitrogens with one attached hydrogen (secondary N) is 1. The highest BCUT2D eigenvalue weighted by atomic mass is 15.2. The molecule has 1 aliphatic heterocycles. The summed E-state index contributed by atoms with van der Waals surface area (Å²) in [7, 11) is 2.31. The van der Waals surface area contributed by atoms with Crippen LogP contribution in [-0.2, 0) is 0 Å². The zero-order valence-electron chi connectivity index (χ0n) is 12.3. The van der Waals surface area contributed by atoms with Gasteiger partial charge in [-0.15, -0.1) is 0 Å². The van der Waals surface area contributed by atoms with Crippen LogP contribution in [0.5, 0.6) is 0 Å². The quantitative estimate of drug-likeness (QED) is 0.776. The predicted molar refractivity (Wildman–Crippen MR) is 77.9 cm³/mol. The zero-order valence-corrected chi connectivity index (χ0v) is 12.3. The molecule has 0 aromatic rings. The maximum absolute atomic E-state index is 3.42. The summed E-state index contributed by atoms with van der Waals surface area (Å²) < 4.78 is 0. The van der Waals surface area contributed by atoms with Gasteiger partial charge in [-0.05, 0) is 31.7 Å². The lowest BCUT2D eigenvalue weighted by Crippen LogP contribution is -2.46. The molecule has 106 valence electrons. The fourth-order valence-corrected chi connectivity index (χ4v) is 3.63. The molecule has 0 aromatic heterocycles. The number of hydrogen-bond donors (Lipinski definition) is 1. The van der Waals surface area contributed by atoms with Crippen molar-refractivity contribution in [2.24, 2.45) is 11.8 Å². The second-order valence-corrected chi connectivity index (χ2v) is 6.53. The van der Waals surface area contributed by atoms with E-state index >= 15 is 0 Å². The van der Waals surface area contributed by atoms with Gasteiger partial charge in [-0.1, -0.05) is 19.8 Å². The van der Waals surface area contributed by atoms with E-state index in [4.69, 9.17) is 0 Å². The summed E-state index contributed by atoms with van der Waals surface area (Å²) in [6.07, 6.45) is 5.87. The van der Waals surface area contributed by atoms with Gasteiger partial charge in [0, 0.05) is 45.8 Å². The topological polar surface area (TPSA) is 18.5 Å². The minimum absolute atomic E-state index is 0.800. The molecule has 1 saturated carbocycles. The summed E-state index contributed by atoms with van der Waals surface area (Å²) in [5.74, 6) is 1.79. The lowest BCUT2D eigenvalue weighted by atomic mass is 10.1. The molecule has 1 N–H and O–H groups in total. The predicted octanol–water partition coefficient (Wildman–Crippen LogP) is 1.65. The van der Waals surface area contributed by atoms with Crippen LogP contribution in [0.15, 0.2) is 0 Å². The molecule has 0 radical (unpaired) electrons. The third kappa shape index (κ3) is 4.87. The first-order chi connectivity index (χ1) is 8.74. The Balaban J connectivity index is 1.61. The molecule has 3 heteroatoms. The van der Waals surface area contributed by atoms with Gasteiger partial charge < -0.3 is 15.1 Å². The number of rotatable bonds is 6. The van der Waals surface area contributed by atoms with E-state index in [0.717, 1.165) is 11.8 Å². The van der Waals surface area contributed by atoms with Gasteiger partial charge in [0.15, 0.2) is 0 Å². The highest BCUT2D eigenvalue weighted by Gasteiger charge is 2.19. The SMILES string of the molecule is CC(CN(C)CC1CCCC1)CN1CCNCC1. The Kier molecular flexibility index (Phi) is 5.93. The Morgan fingerprint density at radius 1 is 1.22 bits per heavy atom. The van der Waals surface area contributed by atoms with E-state index in [2.05, 4.69) is 29.1 Å². The smallest absolute Gasteiger partial charge is 0.0107 e. The summed E-state index contributed by atoms with van der Waals surface area (Å²) in [5.41, 5.74) is 0. The number of piperazine rings is 1. The van der Waals surface area contributed by atoms with Crippen LogP contribution in [-0.4, -0.2) is 62.7 Å². The largest absolute Gasteiger partial charge is 0.314 e. The van der Waals surface area contributed by atoms with Crippen LogP contribution in [0, 0.1) is 11.8 Å². The zero-order chi connectivity index (χ0) is 12.8. The number of hydrogen-bond acceptors (Lipinski definition) is 3. The average Bonchev–Trinajstić information content (AvgIpc) is 2.82. The molecule has 0 bridgehead atoms. The van der Waals surface area contributed by atoms with Crippen molar-refractivity contribution in [1.82, 2.24) is 15.1 Å². The van der Waals surface area contributed by atoms with Crippen molar-refractivity contribution in [3.8, 4) is 0 Å². The lowest BCUT2D eigenvalue weighted by molar-refractivity contribution is 0.175. The van der Waals surface area contributed by atoms with Gasteiger partial charge in [0.25, 0.3) is 0 Å². The van der Waals surface area contributed by atoms with Crippen LogP contribution in [0.3, 0.4) is 0 Å². The van der Waals surface area contributed by atoms with Gasteiger partial charge in [0.05, 0.1) is 0 Å². The fourth-order valence-electron chi connectivity index (χ4n) is 3.63. The van der Waals surface area contributed by atoms with Crippen LogP contribution in [0.4, 0.5) is 0 Å². The molecule has 1 aliphatic carbocycles. The molecule has 0 amide bonds. The highest BCUT2D eigenvalue weighted by Crippen LogP contribution is 2.25. The maximum atomic E-state index is 3.42. The minimum Gasteiger partial charge on any atom is -0.314 e. The van der Waals surface area contributed by atoms with Gasteiger partial charge in [-0.25, -0.2) is 0 Å². The van der Waals surface area contributed by atoms with Crippen molar-refractivity contribution in [3.63, 3.8) is 0 Å². The summed E-state index contributed by atoms with van der Waals surface area (Å²) >= 11 is 0. The molecule has 0 aromatic carbocycles. The van der Waals surface area contributed by atoms with Gasteiger partial charge in [0.1, 0.15) is 0 Å². The fraction of sp³-hybridized carbons (Fsp3) is 1.00. The van der Waals surface area contributed by atoms with Crippen molar-refractivity contribution in [2.45, 2.75) is 32.6 Å². The Morgan fingerprint density at radius 2 is 1.89 bits per heavy atom. The van der Waals surface area contributed by atoms with Crippen molar-refractivity contribution in [2.75, 3.05) is 52.9 Å². The monoisotopic (exact) mass is 253 g/mol. The van der Waals surface area contributed by atoms with Crippen molar-refractivity contribution in [1.29, 1.82) is 0 Å². The minimum atomic E-state index is 0.800. The first-order valence-electron chi connectivity index (χ1n) is 7.85. The van der Waals surface area contributed by atoms with E-state index in [1.807, 2.05) is 0 Å². The van der Waals surface area contributed by atoms with Crippen LogP contribution in [0.25, 0.3) is 0 Å². The van der Waals surface area contributed by atoms with Gasteiger partial charge in [-0.3, -0.25) is 0 Å². The standard InChI is InChI=1S/C15H31N3/c1-14(12-18-9-7-16-8-10-18)11-17(2)13-15-5-3-4-6-15/h14-16H,3-13H2,1-2H3. The van der Waals surface area contributed by atoms with Gasteiger partial charge in [0.2, 0.25) is 0 Å². The molecule has 18 heavy (non-hydrogen) atoms. The van der Waals surface area contributed by atoms with E-state index in [0.29, 0.717) is 0 Å². The van der Waals surface area contributed by atoms with Crippen molar-refractivity contribution < 1.29 is 0 Å². The van der Waals surface area contributed by atoms with Gasteiger partial charge in [-0.2, -0.15) is 0 Å². The van der Waals surface area contributed by atoms with E-state index in [-0.39, 0.29) is 0 Å². The molecule has 1 heterocycles. The summed E-state index contributed by atoms with van der Waals surface area (Å²) in [6, 6.07) is 0. The van der Waals surface area contributed by atoms with E-state index < -0.39 is 0 Å². The average molecular weight is 253 g/mol. The Labute approximate surface area is 113 Å². The summed E-state index contributed by atoms with van der Waals surface area (Å²) in [5, 5.41) is 3.42. The molecule has 2 rings (SSSR count). The van der Waals surface area contributed by atoms with E-state index in [1.54, 1.807) is 0 Å². The molecule has 3 nitrogen and oxygen atoms in total. The Hall–Kier alpha value is -0.120. The molecule has 2 aliphatic rings. The van der Waals surface area contributed by atoms with Crippen molar-refractivity contribution >= 4 is 0 Å². The van der Waals surface area contributed by atoms with E-state index in [1.165, 1.54) is 71.5 Å². The molecular formula is C15H31N3. The Bertz CT molecular complexity index is 220. The van der Waals surface area contributed by atoms with Crippen molar-refractivity contribution in [3.05, 3.63) is 0 Å². The molecular weight excluding hydrogens is 222 g/mol. The molecule has 1 saturated heterocycles.